The first-order valence-electron chi connectivity index (χ1n) is 17.9. The van der Waals surface area contributed by atoms with Crippen LogP contribution in [0.4, 0.5) is 17.1 Å². The first-order valence-corrected chi connectivity index (χ1v) is 17.9. The van der Waals surface area contributed by atoms with Crippen molar-refractivity contribution in [3.63, 3.8) is 0 Å². The van der Waals surface area contributed by atoms with E-state index >= 15 is 0 Å². The standard InChI is InChI=1S/C49H22N8/c1-53-32-7-11-38-40(21-32)39-16-28(25-50)4-10-37(39)49(38)31-19-35(56-45-12-5-29(26-51)17-41(45)42-18-30(27-52)6-13-46(42)56)24-36(20-31)57-47-14-8-33(54-2)22-43(47)44-23-34(55-3)9-15-48(44)57/h4-24,49H. The first kappa shape index (κ1) is 32.7. The molecule has 8 nitrogen and oxygen atoms in total. The van der Waals surface area contributed by atoms with Crippen LogP contribution < -0.4 is 0 Å². The maximum Gasteiger partial charge on any atom is 0.188 e. The molecule has 7 aromatic carbocycles. The molecule has 0 saturated heterocycles. The highest BCUT2D eigenvalue weighted by Crippen LogP contribution is 2.50. The first-order chi connectivity index (χ1) is 27.9. The molecule has 1 aliphatic rings. The Morgan fingerprint density at radius 3 is 1.30 bits per heavy atom. The fourth-order valence-corrected chi connectivity index (χ4v) is 8.64. The van der Waals surface area contributed by atoms with Crippen molar-refractivity contribution in [1.29, 1.82) is 15.8 Å². The molecule has 1 unspecified atom stereocenters. The molecule has 0 radical (unpaired) electrons. The third-order valence-electron chi connectivity index (χ3n) is 11.0. The summed E-state index contributed by atoms with van der Waals surface area (Å²) in [4.78, 5) is 11.2. The summed E-state index contributed by atoms with van der Waals surface area (Å²) >= 11 is 0. The van der Waals surface area contributed by atoms with Gasteiger partial charge in [-0.25, -0.2) is 14.5 Å². The van der Waals surface area contributed by atoms with Gasteiger partial charge >= 0.3 is 0 Å². The summed E-state index contributed by atoms with van der Waals surface area (Å²) in [5.74, 6) is -0.264. The lowest BCUT2D eigenvalue weighted by Gasteiger charge is -2.20. The molecule has 0 aliphatic heterocycles. The van der Waals surface area contributed by atoms with Crippen LogP contribution >= 0.6 is 0 Å². The summed E-state index contributed by atoms with van der Waals surface area (Å²) in [6.45, 7) is 23.3. The molecule has 57 heavy (non-hydrogen) atoms. The van der Waals surface area contributed by atoms with Crippen LogP contribution in [0.1, 0.15) is 39.3 Å². The van der Waals surface area contributed by atoms with E-state index in [4.69, 9.17) is 19.7 Å². The van der Waals surface area contributed by atoms with Crippen molar-refractivity contribution in [2.24, 2.45) is 0 Å². The van der Waals surface area contributed by atoms with Gasteiger partial charge in [-0.1, -0.05) is 30.3 Å². The Morgan fingerprint density at radius 1 is 0.421 bits per heavy atom. The highest BCUT2D eigenvalue weighted by Gasteiger charge is 2.32. The lowest BCUT2D eigenvalue weighted by atomic mass is 9.88. The summed E-state index contributed by atoms with van der Waals surface area (Å²) < 4.78 is 4.34. The van der Waals surface area contributed by atoms with Crippen molar-refractivity contribution >= 4 is 60.7 Å². The number of hydrogen-bond acceptors (Lipinski definition) is 3. The minimum absolute atomic E-state index is 0.264. The number of benzene rings is 7. The summed E-state index contributed by atoms with van der Waals surface area (Å²) in [5.41, 5.74) is 13.0. The Morgan fingerprint density at radius 2 is 0.807 bits per heavy atom. The van der Waals surface area contributed by atoms with Gasteiger partial charge in [0.25, 0.3) is 0 Å². The van der Waals surface area contributed by atoms with E-state index in [0.29, 0.717) is 33.8 Å². The molecule has 1 atom stereocenters. The molecule has 1 aliphatic carbocycles. The number of nitriles is 3. The van der Waals surface area contributed by atoms with Crippen molar-refractivity contribution < 1.29 is 0 Å². The number of fused-ring (bicyclic) bond motifs is 9. The van der Waals surface area contributed by atoms with Crippen LogP contribution in [-0.2, 0) is 0 Å². The van der Waals surface area contributed by atoms with Gasteiger partial charge in [-0.15, -0.1) is 0 Å². The van der Waals surface area contributed by atoms with E-state index in [1.165, 1.54) is 0 Å². The summed E-state index contributed by atoms with van der Waals surface area (Å²) in [5, 5.41) is 33.0. The van der Waals surface area contributed by atoms with Gasteiger partial charge in [0.1, 0.15) is 0 Å². The molecule has 2 aromatic heterocycles. The van der Waals surface area contributed by atoms with Crippen LogP contribution in [0.5, 0.6) is 0 Å². The molecule has 9 aromatic rings. The molecule has 258 valence electrons. The maximum atomic E-state index is 9.89. The Bertz CT molecular complexity index is 3180. The predicted octanol–water partition coefficient (Wildman–Crippen LogP) is 12.3. The van der Waals surface area contributed by atoms with Crippen LogP contribution in [0.15, 0.2) is 127 Å². The largest absolute Gasteiger partial charge is 0.309 e. The summed E-state index contributed by atoms with van der Waals surface area (Å²) in [6, 6.07) is 47.3. The molecule has 0 bridgehead atoms. The number of aromatic nitrogens is 2. The Kier molecular flexibility index (Phi) is 7.07. The van der Waals surface area contributed by atoms with Gasteiger partial charge in [-0.2, -0.15) is 15.8 Å². The van der Waals surface area contributed by atoms with Gasteiger partial charge in [0.05, 0.1) is 76.7 Å². The highest BCUT2D eigenvalue weighted by atomic mass is 15.0. The van der Waals surface area contributed by atoms with Crippen molar-refractivity contribution in [1.82, 2.24) is 9.13 Å². The fraction of sp³-hybridized carbons (Fsp3) is 0.0204. The summed E-state index contributed by atoms with van der Waals surface area (Å²) in [7, 11) is 0. The van der Waals surface area contributed by atoms with Crippen molar-refractivity contribution in [2.75, 3.05) is 0 Å². The lowest BCUT2D eigenvalue weighted by Crippen LogP contribution is -2.05. The van der Waals surface area contributed by atoms with Gasteiger partial charge in [0.2, 0.25) is 0 Å². The zero-order chi connectivity index (χ0) is 38.9. The zero-order valence-electron chi connectivity index (χ0n) is 29.8. The second kappa shape index (κ2) is 12.3. The molecule has 10 rings (SSSR count). The normalized spacial score (nSPS) is 12.6. The quantitative estimate of drug-likeness (QED) is 0.170. The third kappa shape index (κ3) is 4.81. The lowest BCUT2D eigenvalue weighted by molar-refractivity contribution is 0.997. The second-order valence-electron chi connectivity index (χ2n) is 14.0. The average molecular weight is 723 g/mol. The molecular formula is C49H22N8. The SMILES string of the molecule is [C-]#[N+]c1ccc2c(c1)-c1cc(C#N)ccc1C2c1cc(-n2c3ccc(C#N)cc3c3cc(C#N)ccc32)cc(-n2c3ccc([N+]#[C-])cc3c3cc([N+]#[C-])ccc32)c1. The molecule has 0 saturated carbocycles. The maximum absolute atomic E-state index is 9.89. The summed E-state index contributed by atoms with van der Waals surface area (Å²) in [6.07, 6.45) is 0. The van der Waals surface area contributed by atoms with Crippen LogP contribution in [0.3, 0.4) is 0 Å². The van der Waals surface area contributed by atoms with Crippen LogP contribution in [-0.4, -0.2) is 9.13 Å². The average Bonchev–Trinajstić information content (AvgIpc) is 3.89. The molecule has 0 fully saturated rings. The van der Waals surface area contributed by atoms with E-state index in [2.05, 4.69) is 60.1 Å². The van der Waals surface area contributed by atoms with E-state index in [-0.39, 0.29) is 5.92 Å². The molecular weight excluding hydrogens is 701 g/mol. The number of hydrogen-bond donors (Lipinski definition) is 0. The smallest absolute Gasteiger partial charge is 0.188 e. The van der Waals surface area contributed by atoms with Crippen molar-refractivity contribution in [3.8, 4) is 40.7 Å². The predicted molar refractivity (Wildman–Crippen MR) is 221 cm³/mol. The molecule has 2 heterocycles. The number of rotatable bonds is 3. The fourth-order valence-electron chi connectivity index (χ4n) is 8.64. The van der Waals surface area contributed by atoms with Crippen LogP contribution in [0.2, 0.25) is 0 Å². The van der Waals surface area contributed by atoms with E-state index < -0.39 is 0 Å². The molecule has 0 amide bonds. The Hall–Kier alpha value is -8.92. The minimum Gasteiger partial charge on any atom is -0.309 e. The van der Waals surface area contributed by atoms with Gasteiger partial charge in [0, 0.05) is 28.1 Å². The van der Waals surface area contributed by atoms with E-state index in [1.54, 1.807) is 12.1 Å². The zero-order valence-corrected chi connectivity index (χ0v) is 29.8. The van der Waals surface area contributed by atoms with E-state index in [0.717, 1.165) is 82.8 Å². The van der Waals surface area contributed by atoms with E-state index in [1.807, 2.05) is 97.1 Å². The monoisotopic (exact) mass is 722 g/mol. The minimum atomic E-state index is -0.264. The topological polar surface area (TPSA) is 94.3 Å². The van der Waals surface area contributed by atoms with Gasteiger partial charge in [-0.3, -0.25) is 0 Å². The van der Waals surface area contributed by atoms with Crippen molar-refractivity contribution in [2.45, 2.75) is 5.92 Å². The number of nitrogens with zero attached hydrogens (tertiary/aromatic N) is 8. The van der Waals surface area contributed by atoms with Gasteiger partial charge < -0.3 is 9.13 Å². The van der Waals surface area contributed by atoms with Crippen LogP contribution in [0.25, 0.3) is 80.6 Å². The van der Waals surface area contributed by atoms with Gasteiger partial charge in [-0.05, 0) is 136 Å². The van der Waals surface area contributed by atoms with Crippen LogP contribution in [0, 0.1) is 53.7 Å². The van der Waals surface area contributed by atoms with Gasteiger partial charge in [0.15, 0.2) is 17.1 Å². The Labute approximate surface area is 326 Å². The highest BCUT2D eigenvalue weighted by molar-refractivity contribution is 6.12. The second-order valence-corrected chi connectivity index (χ2v) is 14.0. The van der Waals surface area contributed by atoms with E-state index in [9.17, 15) is 15.8 Å². The Balaban J connectivity index is 1.34. The molecule has 8 heteroatoms. The third-order valence-corrected chi connectivity index (χ3v) is 11.0. The van der Waals surface area contributed by atoms with Crippen molar-refractivity contribution in [3.05, 3.63) is 195 Å². The molecule has 0 N–H and O–H groups in total. The molecule has 0 spiro atoms.